The molecule has 132 valence electrons. The molecule has 3 rings (SSSR count). The number of halogens is 1. The van der Waals surface area contributed by atoms with Crippen molar-refractivity contribution in [2.45, 2.75) is 32.4 Å². The predicted molar refractivity (Wildman–Crippen MR) is 92.4 cm³/mol. The molecule has 1 aromatic carbocycles. The van der Waals surface area contributed by atoms with Crippen molar-refractivity contribution in [3.63, 3.8) is 0 Å². The molecule has 2 heterocycles. The van der Waals surface area contributed by atoms with E-state index in [9.17, 15) is 9.18 Å². The first-order chi connectivity index (χ1) is 12.0. The Morgan fingerprint density at radius 1 is 1.32 bits per heavy atom. The van der Waals surface area contributed by atoms with Gasteiger partial charge in [-0.3, -0.25) is 4.79 Å². The summed E-state index contributed by atoms with van der Waals surface area (Å²) >= 11 is 0. The second-order valence-corrected chi connectivity index (χ2v) is 6.23. The topological polar surface area (TPSA) is 51.7 Å². The van der Waals surface area contributed by atoms with E-state index in [1.54, 1.807) is 35.4 Å². The summed E-state index contributed by atoms with van der Waals surface area (Å²) in [6.07, 6.45) is 2.34. The molecule has 1 unspecified atom stereocenters. The van der Waals surface area contributed by atoms with E-state index in [0.29, 0.717) is 30.3 Å². The molecule has 1 aromatic heterocycles. The van der Waals surface area contributed by atoms with Gasteiger partial charge < -0.3 is 14.4 Å². The van der Waals surface area contributed by atoms with Gasteiger partial charge in [-0.25, -0.2) is 9.37 Å². The van der Waals surface area contributed by atoms with Gasteiger partial charge in [0, 0.05) is 36.0 Å². The monoisotopic (exact) mass is 344 g/mol. The number of nitrogens with zero attached hydrogens (tertiary/aromatic N) is 2. The molecular formula is C19H21FN2O3. The zero-order valence-corrected chi connectivity index (χ0v) is 14.3. The lowest BCUT2D eigenvalue weighted by Crippen LogP contribution is -2.37. The van der Waals surface area contributed by atoms with Crippen molar-refractivity contribution < 1.29 is 18.7 Å². The van der Waals surface area contributed by atoms with Gasteiger partial charge in [-0.1, -0.05) is 0 Å². The van der Waals surface area contributed by atoms with Crippen LogP contribution in [0.4, 0.5) is 10.1 Å². The highest BCUT2D eigenvalue weighted by atomic mass is 19.1. The molecule has 0 N–H and O–H groups in total. The SMILES string of the molecule is CC(C)N(C(=O)c1ccnc(OC2CCOC2)c1)c1ccc(F)cc1. The van der Waals surface area contributed by atoms with Gasteiger partial charge in [-0.15, -0.1) is 0 Å². The summed E-state index contributed by atoms with van der Waals surface area (Å²) in [5, 5.41) is 0. The molecule has 0 bridgehead atoms. The molecule has 1 amide bonds. The van der Waals surface area contributed by atoms with Crippen LogP contribution >= 0.6 is 0 Å². The van der Waals surface area contributed by atoms with E-state index in [1.165, 1.54) is 12.1 Å². The number of pyridine rings is 1. The Hall–Kier alpha value is -2.47. The number of ether oxygens (including phenoxy) is 2. The molecule has 1 aliphatic rings. The van der Waals surface area contributed by atoms with Gasteiger partial charge in [0.05, 0.1) is 13.2 Å². The molecule has 1 aliphatic heterocycles. The third kappa shape index (κ3) is 4.14. The maximum atomic E-state index is 13.2. The van der Waals surface area contributed by atoms with Crippen molar-refractivity contribution in [2.75, 3.05) is 18.1 Å². The van der Waals surface area contributed by atoms with E-state index in [1.807, 2.05) is 13.8 Å². The fourth-order valence-corrected chi connectivity index (χ4v) is 2.77. The molecule has 0 spiro atoms. The molecule has 1 fully saturated rings. The normalized spacial score (nSPS) is 16.9. The van der Waals surface area contributed by atoms with Gasteiger partial charge in [0.15, 0.2) is 0 Å². The molecule has 2 aromatic rings. The zero-order valence-electron chi connectivity index (χ0n) is 14.3. The molecule has 5 nitrogen and oxygen atoms in total. The van der Waals surface area contributed by atoms with Crippen LogP contribution in [0.25, 0.3) is 0 Å². The Morgan fingerprint density at radius 3 is 2.72 bits per heavy atom. The van der Waals surface area contributed by atoms with Gasteiger partial charge in [0.2, 0.25) is 5.88 Å². The first-order valence-corrected chi connectivity index (χ1v) is 8.34. The number of hydrogen-bond acceptors (Lipinski definition) is 4. The number of benzene rings is 1. The summed E-state index contributed by atoms with van der Waals surface area (Å²) in [5.74, 6) is -0.112. The maximum absolute atomic E-state index is 13.2. The summed E-state index contributed by atoms with van der Waals surface area (Å²) < 4.78 is 24.2. The lowest BCUT2D eigenvalue weighted by atomic mass is 10.1. The minimum Gasteiger partial charge on any atom is -0.472 e. The fourth-order valence-electron chi connectivity index (χ4n) is 2.77. The van der Waals surface area contributed by atoms with Crippen LogP contribution in [-0.4, -0.2) is 36.3 Å². The lowest BCUT2D eigenvalue weighted by Gasteiger charge is -2.27. The molecule has 1 saturated heterocycles. The first-order valence-electron chi connectivity index (χ1n) is 8.34. The minimum absolute atomic E-state index is 0.0313. The number of hydrogen-bond donors (Lipinski definition) is 0. The molecule has 25 heavy (non-hydrogen) atoms. The van der Waals surface area contributed by atoms with Crippen molar-refractivity contribution in [1.82, 2.24) is 4.98 Å². The number of aromatic nitrogens is 1. The Bertz CT molecular complexity index is 728. The summed E-state index contributed by atoms with van der Waals surface area (Å²) in [5.41, 5.74) is 1.12. The van der Waals surface area contributed by atoms with Crippen LogP contribution in [0, 0.1) is 5.82 Å². The summed E-state index contributed by atoms with van der Waals surface area (Å²) in [6, 6.07) is 9.10. The van der Waals surface area contributed by atoms with Crippen molar-refractivity contribution in [2.24, 2.45) is 0 Å². The Balaban J connectivity index is 1.83. The number of anilines is 1. The standard InChI is InChI=1S/C19H21FN2O3/c1-13(2)22(16-5-3-15(20)4-6-16)19(23)14-7-9-21-18(11-14)25-17-8-10-24-12-17/h3-7,9,11,13,17H,8,10,12H2,1-2H3. The Morgan fingerprint density at radius 2 is 2.08 bits per heavy atom. The van der Waals surface area contributed by atoms with Crippen molar-refractivity contribution >= 4 is 11.6 Å². The molecule has 1 atom stereocenters. The van der Waals surface area contributed by atoms with Gasteiger partial charge in [0.1, 0.15) is 11.9 Å². The second kappa shape index (κ2) is 7.61. The van der Waals surface area contributed by atoms with E-state index < -0.39 is 0 Å². The fraction of sp³-hybridized carbons (Fsp3) is 0.368. The van der Waals surface area contributed by atoms with Crippen molar-refractivity contribution in [3.05, 3.63) is 54.0 Å². The third-order valence-corrected chi connectivity index (χ3v) is 4.00. The zero-order chi connectivity index (χ0) is 17.8. The van der Waals surface area contributed by atoms with E-state index in [0.717, 1.165) is 6.42 Å². The van der Waals surface area contributed by atoms with E-state index >= 15 is 0 Å². The number of amides is 1. The van der Waals surface area contributed by atoms with Crippen LogP contribution in [0.15, 0.2) is 42.6 Å². The maximum Gasteiger partial charge on any atom is 0.258 e. The highest BCUT2D eigenvalue weighted by Crippen LogP contribution is 2.22. The van der Waals surface area contributed by atoms with Crippen LogP contribution in [-0.2, 0) is 4.74 Å². The van der Waals surface area contributed by atoms with E-state index in [-0.39, 0.29) is 23.9 Å². The predicted octanol–water partition coefficient (Wildman–Crippen LogP) is 3.44. The molecule has 0 saturated carbocycles. The molecule has 0 radical (unpaired) electrons. The number of carbonyl (C=O) groups excluding carboxylic acids is 1. The summed E-state index contributed by atoms with van der Waals surface area (Å²) in [4.78, 5) is 18.8. The Labute approximate surface area is 146 Å². The van der Waals surface area contributed by atoms with Gasteiger partial charge in [-0.05, 0) is 44.2 Å². The third-order valence-electron chi connectivity index (χ3n) is 4.00. The second-order valence-electron chi connectivity index (χ2n) is 6.23. The van der Waals surface area contributed by atoms with Crippen LogP contribution in [0.2, 0.25) is 0 Å². The highest BCUT2D eigenvalue weighted by molar-refractivity contribution is 6.06. The minimum atomic E-state index is -0.335. The Kier molecular flexibility index (Phi) is 5.28. The molecule has 6 heteroatoms. The van der Waals surface area contributed by atoms with Gasteiger partial charge >= 0.3 is 0 Å². The van der Waals surface area contributed by atoms with Crippen LogP contribution in [0.5, 0.6) is 5.88 Å². The average Bonchev–Trinajstić information content (AvgIpc) is 3.09. The highest BCUT2D eigenvalue weighted by Gasteiger charge is 2.23. The largest absolute Gasteiger partial charge is 0.472 e. The summed E-state index contributed by atoms with van der Waals surface area (Å²) in [6.45, 7) is 5.04. The smallest absolute Gasteiger partial charge is 0.258 e. The van der Waals surface area contributed by atoms with E-state index in [4.69, 9.17) is 9.47 Å². The van der Waals surface area contributed by atoms with Gasteiger partial charge in [0.25, 0.3) is 5.91 Å². The quantitative estimate of drug-likeness (QED) is 0.834. The van der Waals surface area contributed by atoms with Crippen molar-refractivity contribution in [1.29, 1.82) is 0 Å². The van der Waals surface area contributed by atoms with Crippen LogP contribution < -0.4 is 9.64 Å². The van der Waals surface area contributed by atoms with Gasteiger partial charge in [-0.2, -0.15) is 0 Å². The van der Waals surface area contributed by atoms with Crippen molar-refractivity contribution in [3.8, 4) is 5.88 Å². The average molecular weight is 344 g/mol. The van der Waals surface area contributed by atoms with Crippen LogP contribution in [0.1, 0.15) is 30.6 Å². The molecule has 0 aliphatic carbocycles. The lowest BCUT2D eigenvalue weighted by molar-refractivity contribution is 0.0978. The first kappa shape index (κ1) is 17.4. The molecular weight excluding hydrogens is 323 g/mol. The van der Waals surface area contributed by atoms with E-state index in [2.05, 4.69) is 4.98 Å². The number of carbonyl (C=O) groups is 1. The van der Waals surface area contributed by atoms with Crippen LogP contribution in [0.3, 0.4) is 0 Å². The number of rotatable bonds is 5. The summed E-state index contributed by atoms with van der Waals surface area (Å²) in [7, 11) is 0.